The van der Waals surface area contributed by atoms with Crippen LogP contribution in [0.4, 0.5) is 5.69 Å². The molecule has 2 aromatic carbocycles. The Morgan fingerprint density at radius 1 is 1.04 bits per heavy atom. The molecule has 1 unspecified atom stereocenters. The van der Waals surface area contributed by atoms with Crippen molar-refractivity contribution in [1.82, 2.24) is 5.32 Å². The minimum atomic E-state index is -0.276. The number of hydrogen-bond donors (Lipinski definition) is 2. The van der Waals surface area contributed by atoms with Gasteiger partial charge in [0.2, 0.25) is 0 Å². The summed E-state index contributed by atoms with van der Waals surface area (Å²) in [6, 6.07) is 14.3. The molecule has 26 heavy (non-hydrogen) atoms. The summed E-state index contributed by atoms with van der Waals surface area (Å²) in [7, 11) is 0. The molecule has 2 aromatic rings. The second-order valence-corrected chi connectivity index (χ2v) is 6.13. The van der Waals surface area contributed by atoms with Gasteiger partial charge in [-0.1, -0.05) is 6.92 Å². The number of rotatable bonds is 7. The third kappa shape index (κ3) is 6.04. The fraction of sp³-hybridized carbons (Fsp3) is 0.300. The predicted molar refractivity (Wildman–Crippen MR) is 108 cm³/mol. The Balaban J connectivity index is 1.88. The Kier molecular flexibility index (Phi) is 7.41. The Morgan fingerprint density at radius 3 is 2.23 bits per heavy atom. The van der Waals surface area contributed by atoms with Crippen molar-refractivity contribution in [1.29, 1.82) is 0 Å². The van der Waals surface area contributed by atoms with Gasteiger partial charge in [-0.2, -0.15) is 0 Å². The molecule has 1 amide bonds. The lowest BCUT2D eigenvalue weighted by molar-refractivity contribution is 0.0977. The smallest absolute Gasteiger partial charge is 0.257 e. The van der Waals surface area contributed by atoms with Crippen LogP contribution in [0, 0.1) is 0 Å². The molecular weight excluding hydrogens is 348 g/mol. The zero-order chi connectivity index (χ0) is 18.9. The molecule has 0 heterocycles. The van der Waals surface area contributed by atoms with Crippen LogP contribution in [0.2, 0.25) is 0 Å². The van der Waals surface area contributed by atoms with E-state index in [4.69, 9.17) is 21.7 Å². The van der Waals surface area contributed by atoms with Crippen molar-refractivity contribution in [2.45, 2.75) is 33.3 Å². The van der Waals surface area contributed by atoms with E-state index >= 15 is 0 Å². The maximum absolute atomic E-state index is 12.2. The largest absolute Gasteiger partial charge is 0.494 e. The predicted octanol–water partition coefficient (Wildman–Crippen LogP) is 4.39. The third-order valence-corrected chi connectivity index (χ3v) is 3.88. The standard InChI is InChI=1S/C20H24N2O3S/c1-4-14(3)25-18-12-8-16(9-13-18)21-20(26)22-19(23)15-6-10-17(11-7-15)24-5-2/h6-14H,4-5H2,1-3H3,(H2,21,22,23,26). The van der Waals surface area contributed by atoms with Gasteiger partial charge in [-0.05, 0) is 81.0 Å². The van der Waals surface area contributed by atoms with Gasteiger partial charge in [0.05, 0.1) is 12.7 Å². The van der Waals surface area contributed by atoms with Gasteiger partial charge in [-0.3, -0.25) is 10.1 Å². The minimum Gasteiger partial charge on any atom is -0.494 e. The van der Waals surface area contributed by atoms with E-state index in [0.29, 0.717) is 12.2 Å². The first kappa shape index (κ1) is 19.7. The molecule has 0 aliphatic carbocycles. The van der Waals surface area contributed by atoms with Gasteiger partial charge in [-0.15, -0.1) is 0 Å². The highest BCUT2D eigenvalue weighted by molar-refractivity contribution is 7.80. The number of anilines is 1. The summed E-state index contributed by atoms with van der Waals surface area (Å²) >= 11 is 5.20. The summed E-state index contributed by atoms with van der Waals surface area (Å²) < 4.78 is 11.1. The molecule has 0 aliphatic rings. The highest BCUT2D eigenvalue weighted by Gasteiger charge is 2.08. The third-order valence-electron chi connectivity index (χ3n) is 3.68. The molecule has 0 radical (unpaired) electrons. The van der Waals surface area contributed by atoms with Crippen molar-refractivity contribution in [3.05, 3.63) is 54.1 Å². The topological polar surface area (TPSA) is 59.6 Å². The lowest BCUT2D eigenvalue weighted by Gasteiger charge is -2.14. The molecule has 0 aromatic heterocycles. The maximum Gasteiger partial charge on any atom is 0.257 e. The maximum atomic E-state index is 12.2. The number of ether oxygens (including phenoxy) is 2. The van der Waals surface area contributed by atoms with E-state index in [9.17, 15) is 4.79 Å². The molecule has 0 saturated carbocycles. The minimum absolute atomic E-state index is 0.170. The van der Waals surface area contributed by atoms with Crippen LogP contribution in [-0.2, 0) is 0 Å². The summed E-state index contributed by atoms with van der Waals surface area (Å²) in [4.78, 5) is 12.2. The zero-order valence-electron chi connectivity index (χ0n) is 15.2. The average Bonchev–Trinajstić information content (AvgIpc) is 2.64. The molecule has 0 aliphatic heterocycles. The van der Waals surface area contributed by atoms with E-state index in [1.807, 2.05) is 38.1 Å². The monoisotopic (exact) mass is 372 g/mol. The van der Waals surface area contributed by atoms with Crippen molar-refractivity contribution in [2.75, 3.05) is 11.9 Å². The first-order valence-corrected chi connectivity index (χ1v) is 9.04. The number of amides is 1. The molecule has 1 atom stereocenters. The molecule has 2 N–H and O–H groups in total. The second-order valence-electron chi connectivity index (χ2n) is 5.73. The Bertz CT molecular complexity index is 730. The second kappa shape index (κ2) is 9.77. The Morgan fingerprint density at radius 2 is 1.65 bits per heavy atom. The van der Waals surface area contributed by atoms with E-state index in [2.05, 4.69) is 17.6 Å². The van der Waals surface area contributed by atoms with Crippen molar-refractivity contribution >= 4 is 28.9 Å². The quantitative estimate of drug-likeness (QED) is 0.706. The Hall–Kier alpha value is -2.60. The number of benzene rings is 2. The van der Waals surface area contributed by atoms with Crippen molar-refractivity contribution in [2.24, 2.45) is 0 Å². The molecule has 2 rings (SSSR count). The van der Waals surface area contributed by atoms with Crippen LogP contribution in [0.3, 0.4) is 0 Å². The summed E-state index contributed by atoms with van der Waals surface area (Å²) in [5, 5.41) is 5.89. The van der Waals surface area contributed by atoms with E-state index in [1.54, 1.807) is 24.3 Å². The van der Waals surface area contributed by atoms with Gasteiger partial charge in [0, 0.05) is 11.3 Å². The van der Waals surface area contributed by atoms with Crippen molar-refractivity contribution < 1.29 is 14.3 Å². The van der Waals surface area contributed by atoms with E-state index in [-0.39, 0.29) is 17.1 Å². The van der Waals surface area contributed by atoms with E-state index < -0.39 is 0 Å². The molecule has 0 bridgehead atoms. The highest BCUT2D eigenvalue weighted by Crippen LogP contribution is 2.17. The first-order chi connectivity index (χ1) is 12.5. The van der Waals surface area contributed by atoms with Gasteiger partial charge >= 0.3 is 0 Å². The van der Waals surface area contributed by atoms with Crippen LogP contribution < -0.4 is 20.1 Å². The molecule has 0 spiro atoms. The van der Waals surface area contributed by atoms with E-state index in [1.165, 1.54) is 0 Å². The summed E-state index contributed by atoms with van der Waals surface area (Å²) in [5.74, 6) is 1.25. The molecule has 5 nitrogen and oxygen atoms in total. The molecule has 138 valence electrons. The fourth-order valence-electron chi connectivity index (χ4n) is 2.14. The summed E-state index contributed by atoms with van der Waals surface area (Å²) in [5.41, 5.74) is 1.29. The van der Waals surface area contributed by atoms with E-state index in [0.717, 1.165) is 23.6 Å². The van der Waals surface area contributed by atoms with Crippen molar-refractivity contribution in [3.8, 4) is 11.5 Å². The van der Waals surface area contributed by atoms with Crippen LogP contribution in [0.1, 0.15) is 37.6 Å². The Labute approximate surface area is 159 Å². The van der Waals surface area contributed by atoms with Gasteiger partial charge in [0.1, 0.15) is 11.5 Å². The van der Waals surface area contributed by atoms with Crippen LogP contribution in [-0.4, -0.2) is 23.7 Å². The molecule has 0 saturated heterocycles. The number of carbonyl (C=O) groups is 1. The zero-order valence-corrected chi connectivity index (χ0v) is 16.1. The van der Waals surface area contributed by atoms with Crippen molar-refractivity contribution in [3.63, 3.8) is 0 Å². The number of carbonyl (C=O) groups excluding carboxylic acids is 1. The van der Waals surface area contributed by atoms with Crippen LogP contribution in [0.25, 0.3) is 0 Å². The number of nitrogens with one attached hydrogen (secondary N) is 2. The van der Waals surface area contributed by atoms with Gasteiger partial charge in [0.15, 0.2) is 5.11 Å². The number of hydrogen-bond acceptors (Lipinski definition) is 4. The lowest BCUT2D eigenvalue weighted by atomic mass is 10.2. The van der Waals surface area contributed by atoms with Gasteiger partial charge < -0.3 is 14.8 Å². The van der Waals surface area contributed by atoms with Crippen LogP contribution in [0.15, 0.2) is 48.5 Å². The van der Waals surface area contributed by atoms with Crippen LogP contribution in [0.5, 0.6) is 11.5 Å². The summed E-state index contributed by atoms with van der Waals surface area (Å²) in [6.45, 7) is 6.60. The van der Waals surface area contributed by atoms with Gasteiger partial charge in [0.25, 0.3) is 5.91 Å². The molecule has 6 heteroatoms. The molecular formula is C20H24N2O3S. The van der Waals surface area contributed by atoms with Crippen LogP contribution >= 0.6 is 12.2 Å². The first-order valence-electron chi connectivity index (χ1n) is 8.63. The molecule has 0 fully saturated rings. The fourth-order valence-corrected chi connectivity index (χ4v) is 2.35. The normalized spacial score (nSPS) is 11.3. The number of thiocarbonyl (C=S) groups is 1. The lowest BCUT2D eigenvalue weighted by Crippen LogP contribution is -2.34. The SMILES string of the molecule is CCOc1ccc(C(=O)NC(=S)Nc2ccc(OC(C)CC)cc2)cc1. The highest BCUT2D eigenvalue weighted by atomic mass is 32.1. The average molecular weight is 372 g/mol. The summed E-state index contributed by atoms with van der Waals surface area (Å²) in [6.07, 6.45) is 1.12. The van der Waals surface area contributed by atoms with Gasteiger partial charge in [-0.25, -0.2) is 0 Å².